The number of rotatable bonds is 1. The topological polar surface area (TPSA) is 30.9 Å². The number of anilines is 1. The summed E-state index contributed by atoms with van der Waals surface area (Å²) in [6, 6.07) is 10.5. The van der Waals surface area contributed by atoms with Gasteiger partial charge in [0.15, 0.2) is 5.82 Å². The molecule has 0 radical (unpaired) electrons. The lowest BCUT2D eigenvalue weighted by Gasteiger charge is -2.44. The van der Waals surface area contributed by atoms with Crippen LogP contribution in [-0.2, 0) is 0 Å². The van der Waals surface area contributed by atoms with E-state index in [1.54, 1.807) is 0 Å². The van der Waals surface area contributed by atoms with Gasteiger partial charge in [0.25, 0.3) is 0 Å². The van der Waals surface area contributed by atoms with E-state index in [1.807, 2.05) is 18.4 Å². The predicted molar refractivity (Wildman–Crippen MR) is 90.2 cm³/mol. The molecule has 0 saturated carbocycles. The molecule has 0 fully saturated rings. The molecule has 0 bridgehead atoms. The average Bonchev–Trinajstić information content (AvgIpc) is 2.54. The summed E-state index contributed by atoms with van der Waals surface area (Å²) >= 11 is 0. The maximum Gasteiger partial charge on any atom is 0.153 e. The molecule has 0 saturated heterocycles. The summed E-state index contributed by atoms with van der Waals surface area (Å²) in [6.07, 6.45) is 9.05. The first-order valence-electron chi connectivity index (χ1n) is 7.67. The fourth-order valence-corrected chi connectivity index (χ4v) is 3.18. The number of hydrogen-bond donors (Lipinski definition) is 1. The standard InChI is InChI=1S/C18H20N4/c1-18(2)11-15-16(12-20-18)22(14-7-4-3-5-8-14)13-17-19-9-6-10-21(15)17/h3-10,13,20H,11-12H2,1-2H3. The van der Waals surface area contributed by atoms with Gasteiger partial charge >= 0.3 is 0 Å². The minimum Gasteiger partial charge on any atom is -0.314 e. The molecule has 0 spiro atoms. The first kappa shape index (κ1) is 13.3. The van der Waals surface area contributed by atoms with Gasteiger partial charge in [0, 0.05) is 42.3 Å². The number of allylic oxidation sites excluding steroid dienone is 1. The Hall–Kier alpha value is -2.33. The van der Waals surface area contributed by atoms with E-state index in [2.05, 4.69) is 70.6 Å². The van der Waals surface area contributed by atoms with Crippen molar-refractivity contribution in [2.45, 2.75) is 25.8 Å². The Morgan fingerprint density at radius 1 is 1.09 bits per heavy atom. The molecule has 0 aromatic heterocycles. The lowest BCUT2D eigenvalue weighted by molar-refractivity contribution is 0.332. The van der Waals surface area contributed by atoms with Crippen LogP contribution in [-0.4, -0.2) is 23.2 Å². The first-order chi connectivity index (χ1) is 10.6. The number of nitrogens with zero attached hydrogens (tertiary/aromatic N) is 3. The maximum atomic E-state index is 4.54. The van der Waals surface area contributed by atoms with Gasteiger partial charge in [-0.15, -0.1) is 0 Å². The van der Waals surface area contributed by atoms with E-state index in [9.17, 15) is 0 Å². The van der Waals surface area contributed by atoms with Crippen LogP contribution in [0.2, 0.25) is 0 Å². The van der Waals surface area contributed by atoms with Gasteiger partial charge < -0.3 is 15.1 Å². The Labute approximate surface area is 131 Å². The zero-order valence-electron chi connectivity index (χ0n) is 13.0. The number of benzene rings is 1. The highest BCUT2D eigenvalue weighted by molar-refractivity contribution is 5.74. The van der Waals surface area contributed by atoms with Crippen LogP contribution >= 0.6 is 0 Å². The van der Waals surface area contributed by atoms with Crippen molar-refractivity contribution in [3.63, 3.8) is 0 Å². The van der Waals surface area contributed by atoms with Gasteiger partial charge in [-0.1, -0.05) is 18.2 Å². The fourth-order valence-electron chi connectivity index (χ4n) is 3.18. The predicted octanol–water partition coefficient (Wildman–Crippen LogP) is 3.19. The van der Waals surface area contributed by atoms with Crippen LogP contribution < -0.4 is 10.2 Å². The Balaban J connectivity index is 1.83. The van der Waals surface area contributed by atoms with Crippen LogP contribution in [0.25, 0.3) is 0 Å². The van der Waals surface area contributed by atoms with Gasteiger partial charge in [0.05, 0.1) is 11.9 Å². The summed E-state index contributed by atoms with van der Waals surface area (Å²) < 4.78 is 0. The largest absolute Gasteiger partial charge is 0.314 e. The van der Waals surface area contributed by atoms with Gasteiger partial charge in [-0.25, -0.2) is 4.99 Å². The van der Waals surface area contributed by atoms with Crippen LogP contribution in [0, 0.1) is 0 Å². The van der Waals surface area contributed by atoms with Gasteiger partial charge in [0.2, 0.25) is 0 Å². The highest BCUT2D eigenvalue weighted by atomic mass is 15.3. The summed E-state index contributed by atoms with van der Waals surface area (Å²) in [7, 11) is 0. The van der Waals surface area contributed by atoms with E-state index in [0.717, 1.165) is 18.8 Å². The summed E-state index contributed by atoms with van der Waals surface area (Å²) in [4.78, 5) is 9.03. The zero-order valence-corrected chi connectivity index (χ0v) is 13.0. The van der Waals surface area contributed by atoms with E-state index in [1.165, 1.54) is 17.1 Å². The number of aliphatic imine (C=N–C) groups is 1. The average molecular weight is 292 g/mol. The smallest absolute Gasteiger partial charge is 0.153 e. The second kappa shape index (κ2) is 4.85. The molecule has 3 aliphatic rings. The molecule has 4 rings (SSSR count). The Morgan fingerprint density at radius 3 is 2.73 bits per heavy atom. The number of hydrogen-bond acceptors (Lipinski definition) is 4. The molecule has 3 aliphatic heterocycles. The molecule has 3 heterocycles. The molecule has 4 heteroatoms. The van der Waals surface area contributed by atoms with Crippen molar-refractivity contribution in [2.24, 2.45) is 4.99 Å². The Kier molecular flexibility index (Phi) is 2.94. The summed E-state index contributed by atoms with van der Waals surface area (Å²) in [6.45, 7) is 5.35. The minimum atomic E-state index is 0.0959. The molecule has 0 unspecified atom stereocenters. The number of fused-ring (bicyclic) bond motifs is 2. The third kappa shape index (κ3) is 2.16. The van der Waals surface area contributed by atoms with Crippen molar-refractivity contribution in [1.82, 2.24) is 10.2 Å². The SMILES string of the molecule is CC1(C)CC2=C(CN1)N(c1ccccc1)C=C1N=CC=CN12. The fraction of sp³-hybridized carbons (Fsp3) is 0.278. The summed E-state index contributed by atoms with van der Waals surface area (Å²) in [5.74, 6) is 0.975. The zero-order chi connectivity index (χ0) is 15.2. The van der Waals surface area contributed by atoms with Gasteiger partial charge in [0.1, 0.15) is 0 Å². The number of para-hydroxylation sites is 1. The normalized spacial score (nSPS) is 22.4. The second-order valence-electron chi connectivity index (χ2n) is 6.49. The molecule has 0 amide bonds. The highest BCUT2D eigenvalue weighted by Crippen LogP contribution is 2.37. The molecule has 22 heavy (non-hydrogen) atoms. The Bertz CT molecular complexity index is 710. The quantitative estimate of drug-likeness (QED) is 0.862. The molecule has 1 aromatic rings. The molecule has 1 aromatic carbocycles. The van der Waals surface area contributed by atoms with Crippen molar-refractivity contribution in [1.29, 1.82) is 0 Å². The highest BCUT2D eigenvalue weighted by Gasteiger charge is 2.35. The van der Waals surface area contributed by atoms with E-state index >= 15 is 0 Å². The van der Waals surface area contributed by atoms with E-state index in [-0.39, 0.29) is 5.54 Å². The molecular formula is C18H20N4. The molecule has 1 N–H and O–H groups in total. The molecule has 0 atom stereocenters. The Morgan fingerprint density at radius 2 is 1.91 bits per heavy atom. The number of nitrogens with one attached hydrogen (secondary N) is 1. The van der Waals surface area contributed by atoms with Crippen LogP contribution in [0.4, 0.5) is 5.69 Å². The van der Waals surface area contributed by atoms with Gasteiger partial charge in [-0.3, -0.25) is 0 Å². The van der Waals surface area contributed by atoms with Crippen LogP contribution in [0.5, 0.6) is 0 Å². The van der Waals surface area contributed by atoms with Crippen molar-refractivity contribution >= 4 is 11.9 Å². The molecule has 112 valence electrons. The monoisotopic (exact) mass is 292 g/mol. The minimum absolute atomic E-state index is 0.0959. The lowest BCUT2D eigenvalue weighted by atomic mass is 9.91. The molecular weight excluding hydrogens is 272 g/mol. The van der Waals surface area contributed by atoms with E-state index in [4.69, 9.17) is 0 Å². The summed E-state index contributed by atoms with van der Waals surface area (Å²) in [5.41, 5.74) is 3.90. The van der Waals surface area contributed by atoms with E-state index < -0.39 is 0 Å². The molecule has 0 aliphatic carbocycles. The van der Waals surface area contributed by atoms with Gasteiger partial charge in [-0.05, 0) is 32.1 Å². The van der Waals surface area contributed by atoms with Crippen molar-refractivity contribution < 1.29 is 0 Å². The molecule has 4 nitrogen and oxygen atoms in total. The third-order valence-corrected chi connectivity index (χ3v) is 4.31. The van der Waals surface area contributed by atoms with Crippen LogP contribution in [0.15, 0.2) is 71.0 Å². The third-order valence-electron chi connectivity index (χ3n) is 4.31. The van der Waals surface area contributed by atoms with Crippen molar-refractivity contribution in [3.05, 3.63) is 66.0 Å². The van der Waals surface area contributed by atoms with Crippen LogP contribution in [0.3, 0.4) is 0 Å². The maximum absolute atomic E-state index is 4.54. The van der Waals surface area contributed by atoms with E-state index in [0.29, 0.717) is 0 Å². The van der Waals surface area contributed by atoms with Crippen LogP contribution in [0.1, 0.15) is 20.3 Å². The summed E-state index contributed by atoms with van der Waals surface area (Å²) in [5, 5.41) is 3.63. The van der Waals surface area contributed by atoms with Gasteiger partial charge in [-0.2, -0.15) is 0 Å². The van der Waals surface area contributed by atoms with Crippen molar-refractivity contribution in [2.75, 3.05) is 11.4 Å². The van der Waals surface area contributed by atoms with Crippen molar-refractivity contribution in [3.8, 4) is 0 Å². The second-order valence-corrected chi connectivity index (χ2v) is 6.49. The lowest BCUT2D eigenvalue weighted by Crippen LogP contribution is -2.50. The first-order valence-corrected chi connectivity index (χ1v) is 7.67.